The van der Waals surface area contributed by atoms with Gasteiger partial charge in [0.05, 0.1) is 17.2 Å². The average Bonchev–Trinajstić information content (AvgIpc) is 3.14. The van der Waals surface area contributed by atoms with Crippen LogP contribution in [0.5, 0.6) is 0 Å². The van der Waals surface area contributed by atoms with E-state index in [9.17, 15) is 0 Å². The van der Waals surface area contributed by atoms with E-state index in [1.807, 2.05) is 6.20 Å². The van der Waals surface area contributed by atoms with Crippen molar-refractivity contribution < 1.29 is 0 Å². The summed E-state index contributed by atoms with van der Waals surface area (Å²) < 4.78 is 0. The topological polar surface area (TPSA) is 62.2 Å². The quantitative estimate of drug-likeness (QED) is 0.593. The minimum atomic E-state index is 0.502. The molecule has 0 aromatic carbocycles. The lowest BCUT2D eigenvalue weighted by Crippen LogP contribution is -2.38. The van der Waals surface area contributed by atoms with Gasteiger partial charge in [-0.25, -0.2) is 15.0 Å². The highest BCUT2D eigenvalue weighted by Crippen LogP contribution is 2.19. The van der Waals surface area contributed by atoms with Crippen molar-refractivity contribution in [1.82, 2.24) is 20.6 Å². The van der Waals surface area contributed by atoms with Gasteiger partial charge in [-0.3, -0.25) is 0 Å². The SMILES string of the molecule is CCNC(=NCc1ncc(C)s1)NCCc1csc(C(C)C)n1. The summed E-state index contributed by atoms with van der Waals surface area (Å²) in [6, 6.07) is 0. The molecule has 2 aromatic rings. The van der Waals surface area contributed by atoms with Crippen LogP contribution in [0.4, 0.5) is 0 Å². The minimum Gasteiger partial charge on any atom is -0.357 e. The first-order valence-electron chi connectivity index (χ1n) is 7.96. The molecule has 0 aliphatic carbocycles. The summed E-state index contributed by atoms with van der Waals surface area (Å²) in [5.74, 6) is 1.34. The van der Waals surface area contributed by atoms with Gasteiger partial charge in [0.1, 0.15) is 5.01 Å². The predicted octanol–water partition coefficient (Wildman–Crippen LogP) is 3.33. The third kappa shape index (κ3) is 5.91. The Labute approximate surface area is 146 Å². The van der Waals surface area contributed by atoms with Crippen LogP contribution in [0.2, 0.25) is 0 Å². The zero-order valence-electron chi connectivity index (χ0n) is 14.2. The highest BCUT2D eigenvalue weighted by molar-refractivity contribution is 7.11. The van der Waals surface area contributed by atoms with Gasteiger partial charge in [-0.05, 0) is 13.8 Å². The van der Waals surface area contributed by atoms with Gasteiger partial charge >= 0.3 is 0 Å². The van der Waals surface area contributed by atoms with Crippen LogP contribution < -0.4 is 10.6 Å². The van der Waals surface area contributed by atoms with Crippen molar-refractivity contribution in [2.45, 2.75) is 46.6 Å². The first-order chi connectivity index (χ1) is 11.1. The molecule has 0 aliphatic rings. The van der Waals surface area contributed by atoms with Crippen molar-refractivity contribution in [3.8, 4) is 0 Å². The van der Waals surface area contributed by atoms with E-state index >= 15 is 0 Å². The molecule has 0 amide bonds. The van der Waals surface area contributed by atoms with Crippen LogP contribution in [0.25, 0.3) is 0 Å². The van der Waals surface area contributed by atoms with E-state index in [0.29, 0.717) is 12.5 Å². The normalized spacial score (nSPS) is 12.0. The fourth-order valence-corrected chi connectivity index (χ4v) is 3.56. The van der Waals surface area contributed by atoms with E-state index < -0.39 is 0 Å². The fraction of sp³-hybridized carbons (Fsp3) is 0.562. The minimum absolute atomic E-state index is 0.502. The Morgan fingerprint density at radius 1 is 1.35 bits per heavy atom. The van der Waals surface area contributed by atoms with Crippen molar-refractivity contribution in [1.29, 1.82) is 0 Å². The van der Waals surface area contributed by atoms with Gasteiger partial charge in [-0.15, -0.1) is 22.7 Å². The lowest BCUT2D eigenvalue weighted by molar-refractivity contribution is 0.780. The molecule has 126 valence electrons. The molecule has 0 bridgehead atoms. The number of guanidine groups is 1. The Morgan fingerprint density at radius 3 is 2.78 bits per heavy atom. The number of rotatable bonds is 7. The van der Waals surface area contributed by atoms with Crippen molar-refractivity contribution in [3.63, 3.8) is 0 Å². The fourth-order valence-electron chi connectivity index (χ4n) is 1.97. The largest absolute Gasteiger partial charge is 0.357 e. The summed E-state index contributed by atoms with van der Waals surface area (Å²) in [5.41, 5.74) is 1.15. The van der Waals surface area contributed by atoms with Crippen LogP contribution in [0.3, 0.4) is 0 Å². The van der Waals surface area contributed by atoms with E-state index in [2.05, 4.69) is 58.7 Å². The van der Waals surface area contributed by atoms with Gasteiger partial charge in [-0.2, -0.15) is 0 Å². The van der Waals surface area contributed by atoms with Crippen molar-refractivity contribution in [3.05, 3.63) is 32.2 Å². The van der Waals surface area contributed by atoms with Crippen LogP contribution in [-0.4, -0.2) is 29.0 Å². The van der Waals surface area contributed by atoms with E-state index in [-0.39, 0.29) is 0 Å². The second kappa shape index (κ2) is 8.98. The standard InChI is InChI=1S/C16H25N5S2/c1-5-17-16(20-9-14-19-8-12(4)23-14)18-7-6-13-10-22-15(21-13)11(2)3/h8,10-11H,5-7,9H2,1-4H3,(H2,17,18,20). The maximum absolute atomic E-state index is 4.66. The number of hydrogen-bond acceptors (Lipinski definition) is 5. The number of nitrogens with one attached hydrogen (secondary N) is 2. The van der Waals surface area contributed by atoms with E-state index in [4.69, 9.17) is 0 Å². The average molecular weight is 352 g/mol. The molecule has 2 rings (SSSR count). The van der Waals surface area contributed by atoms with Gasteiger partial charge in [0.15, 0.2) is 5.96 Å². The predicted molar refractivity (Wildman–Crippen MR) is 99.6 cm³/mol. The molecule has 2 N–H and O–H groups in total. The second-order valence-corrected chi connectivity index (χ2v) is 7.78. The summed E-state index contributed by atoms with van der Waals surface area (Å²) >= 11 is 3.44. The zero-order valence-corrected chi connectivity index (χ0v) is 15.9. The number of aromatic nitrogens is 2. The molecule has 0 aliphatic heterocycles. The van der Waals surface area contributed by atoms with Crippen LogP contribution >= 0.6 is 22.7 Å². The Hall–Kier alpha value is -1.47. The molecule has 0 saturated heterocycles. The second-order valence-electron chi connectivity index (χ2n) is 5.57. The number of nitrogens with zero attached hydrogens (tertiary/aromatic N) is 3. The maximum Gasteiger partial charge on any atom is 0.191 e. The molecular formula is C16H25N5S2. The summed E-state index contributed by atoms with van der Waals surface area (Å²) in [6.07, 6.45) is 2.80. The van der Waals surface area contributed by atoms with Crippen molar-refractivity contribution in [2.24, 2.45) is 4.99 Å². The molecule has 7 heteroatoms. The monoisotopic (exact) mass is 351 g/mol. The zero-order chi connectivity index (χ0) is 16.7. The van der Waals surface area contributed by atoms with Crippen LogP contribution in [-0.2, 0) is 13.0 Å². The van der Waals surface area contributed by atoms with Gasteiger partial charge < -0.3 is 10.6 Å². The van der Waals surface area contributed by atoms with Crippen LogP contribution in [0.1, 0.15) is 47.3 Å². The summed E-state index contributed by atoms with van der Waals surface area (Å²) in [5, 5.41) is 11.0. The number of aliphatic imine (C=N–C) groups is 1. The van der Waals surface area contributed by atoms with E-state index in [0.717, 1.165) is 36.2 Å². The van der Waals surface area contributed by atoms with Gasteiger partial charge in [-0.1, -0.05) is 13.8 Å². The van der Waals surface area contributed by atoms with Crippen LogP contribution in [0, 0.1) is 6.92 Å². The molecule has 0 radical (unpaired) electrons. The third-order valence-corrected chi connectivity index (χ3v) is 5.21. The first kappa shape index (κ1) is 17.9. The molecule has 0 unspecified atom stereocenters. The molecule has 0 saturated carbocycles. The maximum atomic E-state index is 4.66. The van der Waals surface area contributed by atoms with Crippen LogP contribution in [0.15, 0.2) is 16.6 Å². The van der Waals surface area contributed by atoms with Crippen molar-refractivity contribution in [2.75, 3.05) is 13.1 Å². The Bertz CT molecular complexity index is 630. The Morgan fingerprint density at radius 2 is 2.17 bits per heavy atom. The molecule has 0 fully saturated rings. The summed E-state index contributed by atoms with van der Waals surface area (Å²) in [6.45, 7) is 10.8. The number of hydrogen-bond donors (Lipinski definition) is 2. The lowest BCUT2D eigenvalue weighted by atomic mass is 10.2. The number of thiazole rings is 2. The molecular weight excluding hydrogens is 326 g/mol. The molecule has 2 aromatic heterocycles. The molecule has 5 nitrogen and oxygen atoms in total. The van der Waals surface area contributed by atoms with E-state index in [1.165, 1.54) is 9.88 Å². The smallest absolute Gasteiger partial charge is 0.191 e. The molecule has 0 spiro atoms. The first-order valence-corrected chi connectivity index (χ1v) is 9.66. The molecule has 2 heterocycles. The van der Waals surface area contributed by atoms with Gasteiger partial charge in [0, 0.05) is 41.9 Å². The Kier molecular flexibility index (Phi) is 6.98. The van der Waals surface area contributed by atoms with Gasteiger partial charge in [0.25, 0.3) is 0 Å². The van der Waals surface area contributed by atoms with E-state index in [1.54, 1.807) is 22.7 Å². The van der Waals surface area contributed by atoms with Crippen molar-refractivity contribution >= 4 is 28.6 Å². The highest BCUT2D eigenvalue weighted by Gasteiger charge is 2.06. The highest BCUT2D eigenvalue weighted by atomic mass is 32.1. The number of aryl methyl sites for hydroxylation is 1. The molecule has 0 atom stereocenters. The third-order valence-electron chi connectivity index (χ3n) is 3.12. The lowest BCUT2D eigenvalue weighted by Gasteiger charge is -2.10. The Balaban J connectivity index is 1.83. The van der Waals surface area contributed by atoms with Gasteiger partial charge in [0.2, 0.25) is 0 Å². The summed E-state index contributed by atoms with van der Waals surface area (Å²) in [7, 11) is 0. The summed E-state index contributed by atoms with van der Waals surface area (Å²) in [4.78, 5) is 14.8. The molecule has 23 heavy (non-hydrogen) atoms.